The molecule has 0 spiro atoms. The Labute approximate surface area is 142 Å². The highest BCUT2D eigenvalue weighted by atomic mass is 35.5. The average Bonchev–Trinajstić information content (AvgIpc) is 3.01. The van der Waals surface area contributed by atoms with Crippen molar-refractivity contribution in [2.45, 2.75) is 18.6 Å². The second-order valence-corrected chi connectivity index (χ2v) is 5.67. The monoisotopic (exact) mass is 357 g/mol. The van der Waals surface area contributed by atoms with E-state index in [9.17, 15) is 4.79 Å². The van der Waals surface area contributed by atoms with Gasteiger partial charge in [-0.3, -0.25) is 4.79 Å². The molecule has 0 unspecified atom stereocenters. The van der Waals surface area contributed by atoms with Crippen molar-refractivity contribution in [2.24, 2.45) is 0 Å². The molecule has 0 saturated carbocycles. The van der Waals surface area contributed by atoms with Crippen molar-refractivity contribution in [2.75, 3.05) is 25.3 Å². The van der Waals surface area contributed by atoms with Gasteiger partial charge in [-0.2, -0.15) is 0 Å². The summed E-state index contributed by atoms with van der Waals surface area (Å²) in [5, 5.41) is 11.1. The van der Waals surface area contributed by atoms with E-state index in [1.54, 1.807) is 12.1 Å². The Balaban J connectivity index is 2.00. The first-order valence-electron chi connectivity index (χ1n) is 6.74. The smallest absolute Gasteiger partial charge is 0.277 e. The number of nitrogens with zero attached hydrogens (tertiary/aromatic N) is 2. The van der Waals surface area contributed by atoms with Gasteiger partial charge >= 0.3 is 0 Å². The van der Waals surface area contributed by atoms with Crippen LogP contribution in [-0.2, 0) is 11.2 Å². The number of benzene rings is 1. The van der Waals surface area contributed by atoms with Gasteiger partial charge < -0.3 is 19.2 Å². The Morgan fingerprint density at radius 2 is 2.04 bits per heavy atom. The predicted octanol–water partition coefficient (Wildman–Crippen LogP) is 3.03. The zero-order chi connectivity index (χ0) is 16.8. The van der Waals surface area contributed by atoms with Crippen LogP contribution in [0.15, 0.2) is 21.8 Å². The van der Waals surface area contributed by atoms with Crippen LogP contribution in [0.4, 0.5) is 5.69 Å². The van der Waals surface area contributed by atoms with Gasteiger partial charge in [-0.25, -0.2) is 0 Å². The molecule has 0 aliphatic carbocycles. The third kappa shape index (κ3) is 4.52. The minimum Gasteiger partial charge on any atom is -0.495 e. The lowest BCUT2D eigenvalue weighted by atomic mass is 10.2. The number of hydrogen-bond acceptors (Lipinski definition) is 7. The molecule has 2 aromatic rings. The zero-order valence-corrected chi connectivity index (χ0v) is 14.5. The SMILES string of the molecule is CCc1nnc(SCC(=O)Nc2cc(Cl)c(OC)cc2OC)o1. The standard InChI is InChI=1S/C14H16ClN3O4S/c1-4-13-17-18-14(22-13)23-7-12(19)16-9-5-8(15)10(20-2)6-11(9)21-3/h5-6H,4,7H2,1-3H3,(H,16,19). The van der Waals surface area contributed by atoms with Crippen LogP contribution in [0.1, 0.15) is 12.8 Å². The quantitative estimate of drug-likeness (QED) is 0.762. The van der Waals surface area contributed by atoms with Gasteiger partial charge in [0.15, 0.2) is 0 Å². The molecule has 2 rings (SSSR count). The lowest BCUT2D eigenvalue weighted by Gasteiger charge is -2.12. The average molecular weight is 358 g/mol. The Bertz CT molecular complexity index is 693. The van der Waals surface area contributed by atoms with Crippen molar-refractivity contribution < 1.29 is 18.7 Å². The number of hydrogen-bond donors (Lipinski definition) is 1. The van der Waals surface area contributed by atoms with Crippen LogP contribution in [0, 0.1) is 0 Å². The summed E-state index contributed by atoms with van der Waals surface area (Å²) in [6.45, 7) is 1.91. The number of rotatable bonds is 7. The first-order chi connectivity index (χ1) is 11.1. The normalized spacial score (nSPS) is 10.4. The number of anilines is 1. The Hall–Kier alpha value is -1.93. The highest BCUT2D eigenvalue weighted by Crippen LogP contribution is 2.36. The predicted molar refractivity (Wildman–Crippen MR) is 87.6 cm³/mol. The molecule has 7 nitrogen and oxygen atoms in total. The number of halogens is 1. The van der Waals surface area contributed by atoms with E-state index >= 15 is 0 Å². The zero-order valence-electron chi connectivity index (χ0n) is 12.9. The third-order valence-electron chi connectivity index (χ3n) is 2.83. The number of amides is 1. The Morgan fingerprint density at radius 1 is 1.30 bits per heavy atom. The van der Waals surface area contributed by atoms with E-state index in [-0.39, 0.29) is 11.7 Å². The summed E-state index contributed by atoms with van der Waals surface area (Å²) in [7, 11) is 3.00. The fourth-order valence-corrected chi connectivity index (χ4v) is 2.53. The van der Waals surface area contributed by atoms with Crippen LogP contribution in [0.3, 0.4) is 0 Å². The van der Waals surface area contributed by atoms with E-state index < -0.39 is 0 Å². The van der Waals surface area contributed by atoms with E-state index in [4.69, 9.17) is 25.5 Å². The van der Waals surface area contributed by atoms with Crippen molar-refractivity contribution in [1.29, 1.82) is 0 Å². The van der Waals surface area contributed by atoms with Crippen LogP contribution < -0.4 is 14.8 Å². The minimum atomic E-state index is -0.245. The number of aryl methyl sites for hydroxylation is 1. The maximum absolute atomic E-state index is 12.0. The number of ether oxygens (including phenoxy) is 2. The number of nitrogens with one attached hydrogen (secondary N) is 1. The minimum absolute atomic E-state index is 0.123. The summed E-state index contributed by atoms with van der Waals surface area (Å²) in [4.78, 5) is 12.0. The lowest BCUT2D eigenvalue weighted by Crippen LogP contribution is -2.14. The number of thioether (sulfide) groups is 1. The van der Waals surface area contributed by atoms with Crippen LogP contribution in [0.5, 0.6) is 11.5 Å². The van der Waals surface area contributed by atoms with Crippen molar-refractivity contribution in [1.82, 2.24) is 10.2 Å². The second kappa shape index (κ2) is 8.07. The van der Waals surface area contributed by atoms with E-state index in [1.807, 2.05) is 6.92 Å². The first-order valence-corrected chi connectivity index (χ1v) is 8.10. The van der Waals surface area contributed by atoms with E-state index in [1.165, 1.54) is 14.2 Å². The number of aromatic nitrogens is 2. The molecule has 0 bridgehead atoms. The topological polar surface area (TPSA) is 86.5 Å². The summed E-state index contributed by atoms with van der Waals surface area (Å²) in [6.07, 6.45) is 0.654. The van der Waals surface area contributed by atoms with Crippen LogP contribution >= 0.6 is 23.4 Å². The Morgan fingerprint density at radius 3 is 2.65 bits per heavy atom. The summed E-state index contributed by atoms with van der Waals surface area (Å²) >= 11 is 7.22. The lowest BCUT2D eigenvalue weighted by molar-refractivity contribution is -0.113. The first kappa shape index (κ1) is 17.4. The maximum Gasteiger partial charge on any atom is 0.277 e. The van der Waals surface area contributed by atoms with Crippen LogP contribution in [0.25, 0.3) is 0 Å². The molecular weight excluding hydrogens is 342 g/mol. The molecule has 9 heteroatoms. The number of carbonyl (C=O) groups is 1. The number of carbonyl (C=O) groups excluding carboxylic acids is 1. The number of methoxy groups -OCH3 is 2. The molecule has 1 aromatic heterocycles. The fourth-order valence-electron chi connectivity index (χ4n) is 1.71. The second-order valence-electron chi connectivity index (χ2n) is 4.34. The van der Waals surface area contributed by atoms with Gasteiger partial charge in [-0.1, -0.05) is 30.3 Å². The molecule has 1 heterocycles. The van der Waals surface area contributed by atoms with Crippen LogP contribution in [0.2, 0.25) is 5.02 Å². The molecule has 0 atom stereocenters. The van der Waals surface area contributed by atoms with Crippen molar-refractivity contribution in [3.05, 3.63) is 23.0 Å². The maximum atomic E-state index is 12.0. The van der Waals surface area contributed by atoms with Gasteiger partial charge in [0, 0.05) is 12.5 Å². The van der Waals surface area contributed by atoms with Gasteiger partial charge in [0.2, 0.25) is 11.8 Å². The fraction of sp³-hybridized carbons (Fsp3) is 0.357. The van der Waals surface area contributed by atoms with E-state index in [0.29, 0.717) is 39.7 Å². The van der Waals surface area contributed by atoms with Crippen LogP contribution in [-0.4, -0.2) is 36.1 Å². The summed E-state index contributed by atoms with van der Waals surface area (Å²) in [5.74, 6) is 1.34. The van der Waals surface area contributed by atoms with Gasteiger partial charge in [0.25, 0.3) is 5.22 Å². The van der Waals surface area contributed by atoms with Crippen molar-refractivity contribution in [3.63, 3.8) is 0 Å². The van der Waals surface area contributed by atoms with E-state index in [0.717, 1.165) is 11.8 Å². The largest absolute Gasteiger partial charge is 0.495 e. The molecule has 0 aliphatic rings. The molecule has 23 heavy (non-hydrogen) atoms. The van der Waals surface area contributed by atoms with Gasteiger partial charge in [-0.15, -0.1) is 10.2 Å². The summed E-state index contributed by atoms with van der Waals surface area (Å²) in [5.41, 5.74) is 0.462. The summed E-state index contributed by atoms with van der Waals surface area (Å²) in [6, 6.07) is 3.18. The summed E-state index contributed by atoms with van der Waals surface area (Å²) < 4.78 is 15.7. The molecule has 1 N–H and O–H groups in total. The van der Waals surface area contributed by atoms with Gasteiger partial charge in [0.05, 0.1) is 30.7 Å². The Kier molecular flexibility index (Phi) is 6.12. The molecule has 1 aromatic carbocycles. The highest BCUT2D eigenvalue weighted by molar-refractivity contribution is 7.99. The van der Waals surface area contributed by atoms with E-state index in [2.05, 4.69) is 15.5 Å². The van der Waals surface area contributed by atoms with Crippen molar-refractivity contribution in [3.8, 4) is 11.5 Å². The molecule has 0 saturated heterocycles. The molecule has 1 amide bonds. The molecule has 124 valence electrons. The highest BCUT2D eigenvalue weighted by Gasteiger charge is 2.14. The molecular formula is C14H16ClN3O4S. The third-order valence-corrected chi connectivity index (χ3v) is 3.94. The molecule has 0 radical (unpaired) electrons. The molecule has 0 aliphatic heterocycles. The van der Waals surface area contributed by atoms with Gasteiger partial charge in [0.1, 0.15) is 11.5 Å². The molecule has 0 fully saturated rings. The van der Waals surface area contributed by atoms with Gasteiger partial charge in [-0.05, 0) is 6.07 Å². The van der Waals surface area contributed by atoms with Crippen molar-refractivity contribution >= 4 is 35.0 Å².